The Bertz CT molecular complexity index is 1730. The van der Waals surface area contributed by atoms with Gasteiger partial charge >= 0.3 is 17.9 Å². The molecule has 0 aliphatic rings. The first-order valence-electron chi connectivity index (χ1n) is 34.2. The molecule has 0 fully saturated rings. The quantitative estimate of drug-likeness (QED) is 0.0261. The van der Waals surface area contributed by atoms with E-state index >= 15 is 0 Å². The summed E-state index contributed by atoms with van der Waals surface area (Å²) in [5.74, 6) is -0.998. The van der Waals surface area contributed by atoms with Crippen molar-refractivity contribution in [2.75, 3.05) is 13.2 Å². The molecular weight excluding hydrogens is 1010 g/mol. The number of unbranched alkanes of at least 4 members (excludes halogenated alkanes) is 28. The SMILES string of the molecule is CC/C=C\C/C=C\C/C=C\C/C=C\C/C=C\CCCCCCCCCCCCCCCCCCCCCC(=O)OCC(COC(=O)CC/C=C\C/C=C\C/C=C\C/C=C\CC)OC(=O)CCCCCCC/C=C\C/C=C\CCCCCC. The van der Waals surface area contributed by atoms with E-state index in [1.165, 1.54) is 141 Å². The molecule has 6 nitrogen and oxygen atoms in total. The van der Waals surface area contributed by atoms with E-state index in [0.29, 0.717) is 19.3 Å². The predicted octanol–water partition coefficient (Wildman–Crippen LogP) is 23.7. The van der Waals surface area contributed by atoms with Crippen LogP contribution in [0.25, 0.3) is 0 Å². The summed E-state index contributed by atoms with van der Waals surface area (Å²) < 4.78 is 16.8. The van der Waals surface area contributed by atoms with Crippen molar-refractivity contribution in [2.24, 2.45) is 0 Å². The summed E-state index contributed by atoms with van der Waals surface area (Å²) in [5, 5.41) is 0. The van der Waals surface area contributed by atoms with Crippen molar-refractivity contribution in [1.29, 1.82) is 0 Å². The molecule has 466 valence electrons. The van der Waals surface area contributed by atoms with Crippen molar-refractivity contribution in [2.45, 2.75) is 316 Å². The molecule has 0 saturated heterocycles. The number of carbonyl (C=O) groups excluding carboxylic acids is 3. The lowest BCUT2D eigenvalue weighted by Gasteiger charge is -2.18. The zero-order chi connectivity index (χ0) is 59.2. The van der Waals surface area contributed by atoms with Gasteiger partial charge in [-0.1, -0.05) is 302 Å². The summed E-state index contributed by atoms with van der Waals surface area (Å²) >= 11 is 0. The summed E-state index contributed by atoms with van der Waals surface area (Å²) in [7, 11) is 0. The van der Waals surface area contributed by atoms with Crippen LogP contribution in [0.4, 0.5) is 0 Å². The van der Waals surface area contributed by atoms with E-state index in [2.05, 4.69) is 148 Å². The van der Waals surface area contributed by atoms with E-state index in [1.54, 1.807) is 0 Å². The van der Waals surface area contributed by atoms with Crippen LogP contribution >= 0.6 is 0 Å². The standard InChI is InChI=1S/C76H126O6/c1-4-7-10-13-16-19-22-25-27-29-30-31-32-33-34-35-36-37-38-39-40-41-42-43-44-45-46-47-49-51-54-57-60-63-66-69-75(78)81-72-73(71-80-74(77)68-65-62-59-56-53-50-24-21-18-15-12-9-6-3)82-76(79)70-67-64-61-58-55-52-48-28-26-23-20-17-14-11-8-5-2/h7,9-10,12,16,18-21,23,25,27-28,30-31,33-34,48,50,53,59,62,73H,4-6,8,11,13-15,17,22,24,26,29,32,35-47,49,51-52,54-58,60-61,63-72H2,1-3H3/b10-7-,12-9-,19-16-,21-18-,23-20-,27-25-,31-30-,34-33-,48-28-,53-50-,62-59-. The van der Waals surface area contributed by atoms with Crippen molar-refractivity contribution in [3.8, 4) is 0 Å². The Balaban J connectivity index is 4.18. The van der Waals surface area contributed by atoms with Crippen LogP contribution in [-0.2, 0) is 28.6 Å². The number of hydrogen-bond donors (Lipinski definition) is 0. The van der Waals surface area contributed by atoms with E-state index in [4.69, 9.17) is 14.2 Å². The molecule has 0 bridgehead atoms. The fourth-order valence-electron chi connectivity index (χ4n) is 9.34. The molecule has 1 atom stereocenters. The van der Waals surface area contributed by atoms with Crippen molar-refractivity contribution in [1.82, 2.24) is 0 Å². The van der Waals surface area contributed by atoms with E-state index < -0.39 is 6.10 Å². The Labute approximate surface area is 506 Å². The maximum Gasteiger partial charge on any atom is 0.306 e. The summed E-state index contributed by atoms with van der Waals surface area (Å²) in [4.78, 5) is 38.3. The molecule has 6 heteroatoms. The van der Waals surface area contributed by atoms with Gasteiger partial charge in [-0.3, -0.25) is 14.4 Å². The second-order valence-electron chi connectivity index (χ2n) is 22.3. The Morgan fingerprint density at radius 2 is 0.500 bits per heavy atom. The van der Waals surface area contributed by atoms with Gasteiger partial charge in [-0.15, -0.1) is 0 Å². The third-order valence-electron chi connectivity index (χ3n) is 14.4. The molecular formula is C76H126O6. The highest BCUT2D eigenvalue weighted by Crippen LogP contribution is 2.17. The molecule has 0 aromatic heterocycles. The van der Waals surface area contributed by atoms with Gasteiger partial charge in [-0.25, -0.2) is 0 Å². The average Bonchev–Trinajstić information content (AvgIpc) is 3.47. The van der Waals surface area contributed by atoms with Gasteiger partial charge in [0, 0.05) is 19.3 Å². The largest absolute Gasteiger partial charge is 0.462 e. The lowest BCUT2D eigenvalue weighted by atomic mass is 10.0. The van der Waals surface area contributed by atoms with Gasteiger partial charge in [0.15, 0.2) is 6.10 Å². The van der Waals surface area contributed by atoms with E-state index in [0.717, 1.165) is 122 Å². The van der Waals surface area contributed by atoms with Crippen LogP contribution in [0.1, 0.15) is 310 Å². The van der Waals surface area contributed by atoms with Crippen LogP contribution in [0.5, 0.6) is 0 Å². The molecule has 0 aromatic carbocycles. The maximum absolute atomic E-state index is 12.9. The summed E-state index contributed by atoms with van der Waals surface area (Å²) in [6.07, 6.45) is 97.9. The summed E-state index contributed by atoms with van der Waals surface area (Å²) in [6, 6.07) is 0. The van der Waals surface area contributed by atoms with E-state index in [1.807, 2.05) is 6.08 Å². The Hall–Kier alpha value is -4.45. The molecule has 0 aromatic rings. The predicted molar refractivity (Wildman–Crippen MR) is 357 cm³/mol. The third-order valence-corrected chi connectivity index (χ3v) is 14.4. The fraction of sp³-hybridized carbons (Fsp3) is 0.671. The number of carbonyl (C=O) groups is 3. The molecule has 0 spiro atoms. The normalized spacial score (nSPS) is 13.0. The van der Waals surface area contributed by atoms with Crippen LogP contribution in [0.2, 0.25) is 0 Å². The van der Waals surface area contributed by atoms with Gasteiger partial charge in [0.05, 0.1) is 0 Å². The number of rotatable bonds is 61. The lowest BCUT2D eigenvalue weighted by Crippen LogP contribution is -2.30. The lowest BCUT2D eigenvalue weighted by molar-refractivity contribution is -0.166. The fourth-order valence-corrected chi connectivity index (χ4v) is 9.34. The maximum atomic E-state index is 12.9. The first-order chi connectivity index (χ1) is 40.5. The monoisotopic (exact) mass is 1130 g/mol. The molecule has 0 rings (SSSR count). The Morgan fingerprint density at radius 1 is 0.256 bits per heavy atom. The summed E-state index contributed by atoms with van der Waals surface area (Å²) in [6.45, 7) is 6.33. The highest BCUT2D eigenvalue weighted by molar-refractivity contribution is 5.71. The van der Waals surface area contributed by atoms with Crippen LogP contribution in [-0.4, -0.2) is 37.2 Å². The van der Waals surface area contributed by atoms with Gasteiger partial charge in [-0.05, 0) is 122 Å². The van der Waals surface area contributed by atoms with E-state index in [9.17, 15) is 14.4 Å². The topological polar surface area (TPSA) is 78.9 Å². The first-order valence-corrected chi connectivity index (χ1v) is 34.2. The zero-order valence-corrected chi connectivity index (χ0v) is 53.5. The van der Waals surface area contributed by atoms with Crippen LogP contribution in [0.3, 0.4) is 0 Å². The van der Waals surface area contributed by atoms with Gasteiger partial charge in [0.1, 0.15) is 13.2 Å². The smallest absolute Gasteiger partial charge is 0.306 e. The minimum absolute atomic E-state index is 0.106. The van der Waals surface area contributed by atoms with Crippen molar-refractivity contribution >= 4 is 17.9 Å². The summed E-state index contributed by atoms with van der Waals surface area (Å²) in [5.41, 5.74) is 0. The van der Waals surface area contributed by atoms with Crippen LogP contribution in [0, 0.1) is 0 Å². The number of esters is 3. The molecule has 0 aliphatic heterocycles. The molecule has 0 N–H and O–H groups in total. The third kappa shape index (κ3) is 66.4. The first kappa shape index (κ1) is 77.5. The Morgan fingerprint density at radius 3 is 0.817 bits per heavy atom. The molecule has 82 heavy (non-hydrogen) atoms. The number of allylic oxidation sites excluding steroid dienone is 22. The van der Waals surface area contributed by atoms with Crippen molar-refractivity contribution < 1.29 is 28.6 Å². The number of ether oxygens (including phenoxy) is 3. The van der Waals surface area contributed by atoms with Crippen LogP contribution < -0.4 is 0 Å². The Kier molecular flexibility index (Phi) is 65.3. The highest BCUT2D eigenvalue weighted by Gasteiger charge is 2.19. The highest BCUT2D eigenvalue weighted by atomic mass is 16.6. The van der Waals surface area contributed by atoms with Gasteiger partial charge in [-0.2, -0.15) is 0 Å². The molecule has 0 radical (unpaired) electrons. The number of hydrogen-bond acceptors (Lipinski definition) is 6. The van der Waals surface area contributed by atoms with Crippen molar-refractivity contribution in [3.05, 3.63) is 134 Å². The van der Waals surface area contributed by atoms with Gasteiger partial charge in [0.2, 0.25) is 0 Å². The molecule has 1 unspecified atom stereocenters. The average molecular weight is 1140 g/mol. The van der Waals surface area contributed by atoms with Crippen LogP contribution in [0.15, 0.2) is 134 Å². The molecule has 0 saturated carbocycles. The molecule has 0 heterocycles. The van der Waals surface area contributed by atoms with Gasteiger partial charge < -0.3 is 14.2 Å². The minimum Gasteiger partial charge on any atom is -0.462 e. The van der Waals surface area contributed by atoms with Gasteiger partial charge in [0.25, 0.3) is 0 Å². The van der Waals surface area contributed by atoms with E-state index in [-0.39, 0.29) is 37.5 Å². The molecule has 0 amide bonds. The second-order valence-corrected chi connectivity index (χ2v) is 22.3. The second kappa shape index (κ2) is 69.0. The molecule has 0 aliphatic carbocycles. The minimum atomic E-state index is -0.817. The zero-order valence-electron chi connectivity index (χ0n) is 53.5. The van der Waals surface area contributed by atoms with Crippen molar-refractivity contribution in [3.63, 3.8) is 0 Å².